The minimum absolute atomic E-state index is 0.0682. The Bertz CT molecular complexity index is 781. The number of nitrogens with one attached hydrogen (secondary N) is 2. The normalized spacial score (nSPS) is 19.6. The molecule has 1 heterocycles. The molecule has 0 bridgehead atoms. The second-order valence-electron chi connectivity index (χ2n) is 6.18. The number of aromatic nitrogens is 2. The van der Waals surface area contributed by atoms with Gasteiger partial charge in [0.2, 0.25) is 0 Å². The summed E-state index contributed by atoms with van der Waals surface area (Å²) in [6.45, 7) is 1.74. The number of rotatable bonds is 4. The van der Waals surface area contributed by atoms with Crippen LogP contribution in [-0.4, -0.2) is 33.7 Å². The van der Waals surface area contributed by atoms with E-state index in [1.807, 2.05) is 0 Å². The first-order valence-corrected chi connectivity index (χ1v) is 9.11. The second-order valence-corrected chi connectivity index (χ2v) is 6.94. The molecule has 1 fully saturated rings. The Kier molecular flexibility index (Phi) is 5.77. The number of nitrogens with zero attached hydrogens (tertiary/aromatic N) is 2. The quantitative estimate of drug-likeness (QED) is 0.852. The zero-order valence-electron chi connectivity index (χ0n) is 14.2. The van der Waals surface area contributed by atoms with Crippen molar-refractivity contribution in [2.75, 3.05) is 5.32 Å². The van der Waals surface area contributed by atoms with E-state index in [0.29, 0.717) is 22.7 Å². The fraction of sp³-hybridized carbons (Fsp3) is 0.412. The molecule has 26 heavy (non-hydrogen) atoms. The number of hydrogen-bond donors (Lipinski definition) is 2. The molecule has 1 saturated carbocycles. The molecule has 2 unspecified atom stereocenters. The molecular weight excluding hydrogens is 359 g/mol. The van der Waals surface area contributed by atoms with Crippen molar-refractivity contribution in [2.24, 2.45) is 0 Å². The van der Waals surface area contributed by atoms with Crippen LogP contribution >= 0.6 is 11.5 Å². The van der Waals surface area contributed by atoms with Crippen molar-refractivity contribution >= 4 is 29.2 Å². The molecule has 0 radical (unpaired) electrons. The summed E-state index contributed by atoms with van der Waals surface area (Å²) in [6.07, 6.45) is 2.10. The number of halogens is 1. The summed E-state index contributed by atoms with van der Waals surface area (Å²) in [5, 5.41) is 9.37. The molecule has 0 aliphatic heterocycles. The van der Waals surface area contributed by atoms with Crippen LogP contribution in [0, 0.1) is 12.7 Å². The van der Waals surface area contributed by atoms with Crippen molar-refractivity contribution in [1.82, 2.24) is 14.9 Å². The Balaban J connectivity index is 1.50. The maximum atomic E-state index is 12.9. The third kappa shape index (κ3) is 4.75. The summed E-state index contributed by atoms with van der Waals surface area (Å²) in [5.74, 6) is -0.569. The number of carbonyl (C=O) groups excluding carboxylic acids is 2. The number of benzene rings is 1. The van der Waals surface area contributed by atoms with Gasteiger partial charge in [-0.15, -0.1) is 5.10 Å². The standard InChI is InChI=1S/C17H19FN4O3S/c1-10-15(26-22-21-10)16(23)19-13-3-2-4-14(9-13)25-17(24)20-12-7-5-11(18)6-8-12/h5-8,13-14H,2-4,9H2,1H3,(H,19,23)(H,20,24). The summed E-state index contributed by atoms with van der Waals surface area (Å²) in [4.78, 5) is 24.8. The van der Waals surface area contributed by atoms with E-state index in [4.69, 9.17) is 4.74 Å². The smallest absolute Gasteiger partial charge is 0.411 e. The van der Waals surface area contributed by atoms with E-state index in [1.165, 1.54) is 24.3 Å². The molecule has 0 saturated heterocycles. The van der Waals surface area contributed by atoms with Crippen LogP contribution in [0.2, 0.25) is 0 Å². The van der Waals surface area contributed by atoms with Crippen LogP contribution in [0.1, 0.15) is 41.0 Å². The van der Waals surface area contributed by atoms with Crippen molar-refractivity contribution < 1.29 is 18.7 Å². The second kappa shape index (κ2) is 8.22. The van der Waals surface area contributed by atoms with E-state index in [1.54, 1.807) is 6.92 Å². The average Bonchev–Trinajstić information content (AvgIpc) is 3.03. The fourth-order valence-corrected chi connectivity index (χ4v) is 3.47. The van der Waals surface area contributed by atoms with E-state index >= 15 is 0 Å². The number of aryl methyl sites for hydroxylation is 1. The van der Waals surface area contributed by atoms with Gasteiger partial charge in [-0.05, 0) is 62.0 Å². The zero-order chi connectivity index (χ0) is 18.5. The van der Waals surface area contributed by atoms with Gasteiger partial charge in [0.1, 0.15) is 16.8 Å². The molecule has 9 heteroatoms. The Morgan fingerprint density at radius 2 is 2.04 bits per heavy atom. The minimum Gasteiger partial charge on any atom is -0.446 e. The lowest BCUT2D eigenvalue weighted by molar-refractivity contribution is 0.0714. The number of hydrogen-bond acceptors (Lipinski definition) is 6. The third-order valence-corrected chi connectivity index (χ3v) is 5.01. The molecular formula is C17H19FN4O3S. The third-order valence-electron chi connectivity index (χ3n) is 4.18. The largest absolute Gasteiger partial charge is 0.446 e. The summed E-state index contributed by atoms with van der Waals surface area (Å²) in [5.41, 5.74) is 1.07. The summed E-state index contributed by atoms with van der Waals surface area (Å²) >= 11 is 1.06. The Hall–Kier alpha value is -2.55. The predicted octanol–water partition coefficient (Wildman–Crippen LogP) is 3.28. The van der Waals surface area contributed by atoms with Gasteiger partial charge < -0.3 is 10.1 Å². The number of amides is 2. The van der Waals surface area contributed by atoms with Crippen molar-refractivity contribution in [1.29, 1.82) is 0 Å². The van der Waals surface area contributed by atoms with Gasteiger partial charge in [0.05, 0.1) is 5.69 Å². The Morgan fingerprint density at radius 3 is 2.73 bits per heavy atom. The molecule has 2 N–H and O–H groups in total. The maximum Gasteiger partial charge on any atom is 0.411 e. The van der Waals surface area contributed by atoms with E-state index in [-0.39, 0.29) is 23.9 Å². The lowest BCUT2D eigenvalue weighted by atomic mass is 9.93. The van der Waals surface area contributed by atoms with Gasteiger partial charge in [-0.1, -0.05) is 4.49 Å². The SMILES string of the molecule is Cc1nnsc1C(=O)NC1CCCC(OC(=O)Nc2ccc(F)cc2)C1. The van der Waals surface area contributed by atoms with Crippen LogP contribution in [-0.2, 0) is 4.74 Å². The van der Waals surface area contributed by atoms with Crippen LogP contribution in [0.3, 0.4) is 0 Å². The lowest BCUT2D eigenvalue weighted by Crippen LogP contribution is -2.41. The molecule has 1 aromatic heterocycles. The molecule has 138 valence electrons. The van der Waals surface area contributed by atoms with E-state index in [9.17, 15) is 14.0 Å². The van der Waals surface area contributed by atoms with Gasteiger partial charge in [0.25, 0.3) is 5.91 Å². The average molecular weight is 378 g/mol. The van der Waals surface area contributed by atoms with Crippen molar-refractivity contribution in [3.8, 4) is 0 Å². The molecule has 7 nitrogen and oxygen atoms in total. The van der Waals surface area contributed by atoms with Crippen molar-refractivity contribution in [3.05, 3.63) is 40.7 Å². The Labute approximate surface area is 154 Å². The van der Waals surface area contributed by atoms with Crippen LogP contribution in [0.4, 0.5) is 14.9 Å². The summed E-state index contributed by atoms with van der Waals surface area (Å²) < 4.78 is 22.1. The van der Waals surface area contributed by atoms with Crippen LogP contribution in [0.15, 0.2) is 24.3 Å². The zero-order valence-corrected chi connectivity index (χ0v) is 15.0. The molecule has 2 atom stereocenters. The minimum atomic E-state index is -0.587. The first-order valence-electron chi connectivity index (χ1n) is 8.34. The first-order chi connectivity index (χ1) is 12.5. The van der Waals surface area contributed by atoms with Crippen LogP contribution in [0.25, 0.3) is 0 Å². The lowest BCUT2D eigenvalue weighted by Gasteiger charge is -2.29. The van der Waals surface area contributed by atoms with E-state index in [2.05, 4.69) is 20.2 Å². The number of carbonyl (C=O) groups is 2. The molecule has 3 rings (SSSR count). The molecule has 1 aromatic carbocycles. The highest BCUT2D eigenvalue weighted by Gasteiger charge is 2.27. The van der Waals surface area contributed by atoms with Gasteiger partial charge in [-0.3, -0.25) is 10.1 Å². The summed E-state index contributed by atoms with van der Waals surface area (Å²) in [6, 6.07) is 5.38. The number of anilines is 1. The number of ether oxygens (including phenoxy) is 1. The molecule has 1 aliphatic rings. The van der Waals surface area contributed by atoms with Gasteiger partial charge in [0.15, 0.2) is 0 Å². The Morgan fingerprint density at radius 1 is 1.27 bits per heavy atom. The topological polar surface area (TPSA) is 93.2 Å². The van der Waals surface area contributed by atoms with Gasteiger partial charge in [0, 0.05) is 18.2 Å². The fourth-order valence-electron chi connectivity index (χ4n) is 2.91. The maximum absolute atomic E-state index is 12.9. The highest BCUT2D eigenvalue weighted by atomic mass is 32.1. The predicted molar refractivity (Wildman–Crippen MR) is 94.7 cm³/mol. The molecule has 2 amide bonds. The van der Waals surface area contributed by atoms with Gasteiger partial charge >= 0.3 is 6.09 Å². The monoisotopic (exact) mass is 378 g/mol. The van der Waals surface area contributed by atoms with Crippen LogP contribution < -0.4 is 10.6 Å². The van der Waals surface area contributed by atoms with Crippen LogP contribution in [0.5, 0.6) is 0 Å². The van der Waals surface area contributed by atoms with Crippen molar-refractivity contribution in [3.63, 3.8) is 0 Å². The van der Waals surface area contributed by atoms with Gasteiger partial charge in [-0.2, -0.15) is 0 Å². The van der Waals surface area contributed by atoms with E-state index < -0.39 is 6.09 Å². The first kappa shape index (κ1) is 18.2. The van der Waals surface area contributed by atoms with Gasteiger partial charge in [-0.25, -0.2) is 9.18 Å². The molecule has 1 aliphatic carbocycles. The van der Waals surface area contributed by atoms with E-state index in [0.717, 1.165) is 30.8 Å². The van der Waals surface area contributed by atoms with Crippen molar-refractivity contribution in [2.45, 2.75) is 44.8 Å². The summed E-state index contributed by atoms with van der Waals surface area (Å²) in [7, 11) is 0. The molecule has 2 aromatic rings. The highest BCUT2D eigenvalue weighted by Crippen LogP contribution is 2.23. The highest BCUT2D eigenvalue weighted by molar-refractivity contribution is 7.08. The molecule has 0 spiro atoms.